The quantitative estimate of drug-likeness (QED) is 0.670. The lowest BCUT2D eigenvalue weighted by Gasteiger charge is -2.11. The van der Waals surface area contributed by atoms with E-state index in [1.807, 2.05) is 18.4 Å². The van der Waals surface area contributed by atoms with Crippen molar-refractivity contribution in [3.63, 3.8) is 0 Å². The van der Waals surface area contributed by atoms with E-state index in [1.54, 1.807) is 24.5 Å². The summed E-state index contributed by atoms with van der Waals surface area (Å²) in [7, 11) is 1.63. The van der Waals surface area contributed by atoms with Crippen LogP contribution < -0.4 is 0 Å². The van der Waals surface area contributed by atoms with Crippen molar-refractivity contribution in [1.29, 1.82) is 5.26 Å². The third-order valence-corrected chi connectivity index (χ3v) is 2.80. The number of hydrogen-bond acceptors (Lipinski definition) is 3. The number of amides is 1. The third-order valence-electron chi connectivity index (χ3n) is 1.79. The molecule has 1 rings (SSSR count). The lowest BCUT2D eigenvalue weighted by Crippen LogP contribution is -2.24. The first-order valence-electron chi connectivity index (χ1n) is 3.83. The summed E-state index contributed by atoms with van der Waals surface area (Å²) in [6.45, 7) is 2.52. The number of carbonyl (C=O) groups excluding carboxylic acids is 1. The van der Waals surface area contributed by atoms with Crippen molar-refractivity contribution in [1.82, 2.24) is 4.90 Å². The normalized spacial score (nSPS) is 9.31. The molecule has 68 valence electrons. The Morgan fingerprint density at radius 2 is 2.46 bits per heavy atom. The van der Waals surface area contributed by atoms with E-state index in [1.165, 1.54) is 10.5 Å². The maximum absolute atomic E-state index is 10.9. The minimum Gasteiger partial charge on any atom is -0.328 e. The second-order valence-electron chi connectivity index (χ2n) is 2.80. The Morgan fingerprint density at radius 3 is 2.92 bits per heavy atom. The van der Waals surface area contributed by atoms with Crippen molar-refractivity contribution in [2.45, 2.75) is 13.5 Å². The molecule has 0 spiro atoms. The van der Waals surface area contributed by atoms with Crippen LogP contribution in [0.15, 0.2) is 11.4 Å². The van der Waals surface area contributed by atoms with Crippen LogP contribution >= 0.6 is 11.3 Å². The van der Waals surface area contributed by atoms with Crippen LogP contribution in [0.5, 0.6) is 0 Å². The van der Waals surface area contributed by atoms with E-state index in [-0.39, 0.29) is 0 Å². The van der Waals surface area contributed by atoms with E-state index in [2.05, 4.69) is 0 Å². The highest BCUT2D eigenvalue weighted by molar-refractivity contribution is 7.10. The van der Waals surface area contributed by atoms with Gasteiger partial charge in [0, 0.05) is 11.9 Å². The topological polar surface area (TPSA) is 44.1 Å². The summed E-state index contributed by atoms with van der Waals surface area (Å²) < 4.78 is 0. The van der Waals surface area contributed by atoms with Crippen molar-refractivity contribution in [3.05, 3.63) is 21.9 Å². The molecule has 0 aliphatic carbocycles. The Bertz CT molecular complexity index is 351. The van der Waals surface area contributed by atoms with Gasteiger partial charge >= 0.3 is 5.91 Å². The zero-order chi connectivity index (χ0) is 9.84. The molecule has 0 radical (unpaired) electrons. The Hall–Kier alpha value is -1.34. The first-order chi connectivity index (χ1) is 6.15. The molecule has 3 nitrogen and oxygen atoms in total. The highest BCUT2D eigenvalue weighted by atomic mass is 32.1. The van der Waals surface area contributed by atoms with Gasteiger partial charge in [0.15, 0.2) is 6.07 Å². The predicted octanol–water partition coefficient (Wildman–Crippen LogP) is 1.54. The van der Waals surface area contributed by atoms with E-state index in [0.717, 1.165) is 4.88 Å². The van der Waals surface area contributed by atoms with Gasteiger partial charge in [-0.3, -0.25) is 4.79 Å². The molecule has 0 N–H and O–H groups in total. The van der Waals surface area contributed by atoms with Gasteiger partial charge in [-0.1, -0.05) is 0 Å². The SMILES string of the molecule is Cc1ccsc1CN(C)C(=O)C#N. The van der Waals surface area contributed by atoms with Crippen LogP contribution in [0.1, 0.15) is 10.4 Å². The molecule has 0 atom stereocenters. The van der Waals surface area contributed by atoms with Gasteiger partial charge < -0.3 is 4.90 Å². The number of hydrogen-bond donors (Lipinski definition) is 0. The standard InChI is InChI=1S/C9H10N2OS/c1-7-3-4-13-8(7)6-11(2)9(12)5-10/h3-4H,6H2,1-2H3. The van der Waals surface area contributed by atoms with E-state index >= 15 is 0 Å². The van der Waals surface area contributed by atoms with Gasteiger partial charge in [-0.05, 0) is 23.9 Å². The average molecular weight is 194 g/mol. The summed E-state index contributed by atoms with van der Waals surface area (Å²) in [5.41, 5.74) is 1.17. The van der Waals surface area contributed by atoms with Crippen molar-refractivity contribution in [3.8, 4) is 6.07 Å². The maximum Gasteiger partial charge on any atom is 0.325 e. The minimum atomic E-state index is -0.493. The van der Waals surface area contributed by atoms with Crippen LogP contribution in [0.2, 0.25) is 0 Å². The summed E-state index contributed by atoms with van der Waals surface area (Å²) in [6.07, 6.45) is 0. The molecule has 0 unspecified atom stereocenters. The van der Waals surface area contributed by atoms with Gasteiger partial charge in [0.05, 0.1) is 6.54 Å². The van der Waals surface area contributed by atoms with Gasteiger partial charge in [0.25, 0.3) is 0 Å². The maximum atomic E-state index is 10.9. The van der Waals surface area contributed by atoms with E-state index in [0.29, 0.717) is 6.54 Å². The molecular formula is C9H10N2OS. The highest BCUT2D eigenvalue weighted by Gasteiger charge is 2.09. The first kappa shape index (κ1) is 9.75. The molecule has 1 aromatic rings. The van der Waals surface area contributed by atoms with Gasteiger partial charge in [-0.2, -0.15) is 5.26 Å². The summed E-state index contributed by atoms with van der Waals surface area (Å²) in [5, 5.41) is 10.3. The van der Waals surface area contributed by atoms with Gasteiger partial charge in [0.1, 0.15) is 0 Å². The summed E-state index contributed by atoms with van der Waals surface area (Å²) in [5.74, 6) is -0.493. The molecule has 4 heteroatoms. The van der Waals surface area contributed by atoms with Crippen LogP contribution in [-0.2, 0) is 11.3 Å². The zero-order valence-electron chi connectivity index (χ0n) is 7.57. The highest BCUT2D eigenvalue weighted by Crippen LogP contribution is 2.16. The van der Waals surface area contributed by atoms with Crippen molar-refractivity contribution in [2.24, 2.45) is 0 Å². The van der Waals surface area contributed by atoms with Crippen LogP contribution in [0.25, 0.3) is 0 Å². The molecule has 1 aromatic heterocycles. The van der Waals surface area contributed by atoms with Gasteiger partial charge in [-0.15, -0.1) is 11.3 Å². The Balaban J connectivity index is 2.66. The Morgan fingerprint density at radius 1 is 1.77 bits per heavy atom. The second kappa shape index (κ2) is 4.06. The fraction of sp³-hybridized carbons (Fsp3) is 0.333. The third kappa shape index (κ3) is 2.30. The number of rotatable bonds is 2. The summed E-state index contributed by atoms with van der Waals surface area (Å²) >= 11 is 1.60. The molecule has 1 heterocycles. The molecule has 0 aromatic carbocycles. The average Bonchev–Trinajstić information content (AvgIpc) is 2.50. The minimum absolute atomic E-state index is 0.493. The molecule has 0 aliphatic heterocycles. The summed E-state index contributed by atoms with van der Waals surface area (Å²) in [6, 6.07) is 3.59. The number of nitrogens with zero attached hydrogens (tertiary/aromatic N) is 2. The van der Waals surface area contributed by atoms with E-state index in [4.69, 9.17) is 5.26 Å². The molecule has 0 saturated carbocycles. The molecule has 0 saturated heterocycles. The fourth-order valence-corrected chi connectivity index (χ4v) is 1.90. The lowest BCUT2D eigenvalue weighted by atomic mass is 10.3. The number of nitriles is 1. The Labute approximate surface area is 81.2 Å². The number of carbonyl (C=O) groups is 1. The molecule has 0 fully saturated rings. The van der Waals surface area contributed by atoms with Crippen molar-refractivity contribution in [2.75, 3.05) is 7.05 Å². The van der Waals surface area contributed by atoms with Crippen LogP contribution in [0, 0.1) is 18.3 Å². The monoisotopic (exact) mass is 194 g/mol. The smallest absolute Gasteiger partial charge is 0.325 e. The molecular weight excluding hydrogens is 184 g/mol. The summed E-state index contributed by atoms with van der Waals surface area (Å²) in [4.78, 5) is 13.5. The second-order valence-corrected chi connectivity index (χ2v) is 3.80. The number of thiophene rings is 1. The van der Waals surface area contributed by atoms with Crippen LogP contribution in [0.4, 0.5) is 0 Å². The predicted molar refractivity (Wildman–Crippen MR) is 51.1 cm³/mol. The molecule has 13 heavy (non-hydrogen) atoms. The van der Waals surface area contributed by atoms with E-state index in [9.17, 15) is 4.79 Å². The van der Waals surface area contributed by atoms with Crippen molar-refractivity contribution < 1.29 is 4.79 Å². The van der Waals surface area contributed by atoms with Gasteiger partial charge in [-0.25, -0.2) is 0 Å². The van der Waals surface area contributed by atoms with Gasteiger partial charge in [0.2, 0.25) is 0 Å². The number of aryl methyl sites for hydroxylation is 1. The lowest BCUT2D eigenvalue weighted by molar-refractivity contribution is -0.124. The first-order valence-corrected chi connectivity index (χ1v) is 4.71. The molecule has 1 amide bonds. The Kier molecular flexibility index (Phi) is 3.04. The van der Waals surface area contributed by atoms with Crippen molar-refractivity contribution >= 4 is 17.2 Å². The van der Waals surface area contributed by atoms with Crippen LogP contribution in [0.3, 0.4) is 0 Å². The molecule has 0 bridgehead atoms. The van der Waals surface area contributed by atoms with E-state index < -0.39 is 5.91 Å². The fourth-order valence-electron chi connectivity index (χ4n) is 0.939. The zero-order valence-corrected chi connectivity index (χ0v) is 8.39. The molecule has 0 aliphatic rings. The van der Waals surface area contributed by atoms with Crippen LogP contribution in [-0.4, -0.2) is 17.9 Å². The largest absolute Gasteiger partial charge is 0.328 e.